The Morgan fingerprint density at radius 2 is 2.29 bits per heavy atom. The first kappa shape index (κ1) is 8.62. The number of hydrogen-bond acceptors (Lipinski definition) is 4. The average Bonchev–Trinajstić information content (AvgIpc) is 2.62. The summed E-state index contributed by atoms with van der Waals surface area (Å²) in [5.41, 5.74) is 1.15. The Labute approximate surface area is 80.3 Å². The fourth-order valence-electron chi connectivity index (χ4n) is 1.28. The predicted molar refractivity (Wildman–Crippen MR) is 49.8 cm³/mol. The fourth-order valence-corrected chi connectivity index (χ4v) is 1.28. The molecule has 1 aliphatic carbocycles. The summed E-state index contributed by atoms with van der Waals surface area (Å²) in [6.07, 6.45) is 6.18. The highest BCUT2D eigenvalue weighted by Crippen LogP contribution is 2.23. The lowest BCUT2D eigenvalue weighted by Crippen LogP contribution is -2.11. The van der Waals surface area contributed by atoms with Gasteiger partial charge in [-0.15, -0.1) is 0 Å². The summed E-state index contributed by atoms with van der Waals surface area (Å²) in [6.45, 7) is 0. The molecule has 0 N–H and O–H groups in total. The van der Waals surface area contributed by atoms with Crippen LogP contribution in [0, 0.1) is 0 Å². The Morgan fingerprint density at radius 3 is 2.93 bits per heavy atom. The van der Waals surface area contributed by atoms with E-state index in [1.54, 1.807) is 12.2 Å². The van der Waals surface area contributed by atoms with Crippen molar-refractivity contribution in [2.45, 2.75) is 0 Å². The molecule has 4 nitrogen and oxygen atoms in total. The first-order valence-electron chi connectivity index (χ1n) is 4.04. The predicted octanol–water partition coefficient (Wildman–Crippen LogP) is 0.563. The van der Waals surface area contributed by atoms with E-state index in [1.165, 1.54) is 19.3 Å². The molecule has 0 saturated carbocycles. The summed E-state index contributed by atoms with van der Waals surface area (Å²) in [4.78, 5) is 26.4. The van der Waals surface area contributed by atoms with E-state index in [0.717, 1.165) is 0 Å². The van der Waals surface area contributed by atoms with E-state index in [0.29, 0.717) is 11.3 Å². The van der Waals surface area contributed by atoms with E-state index >= 15 is 0 Å². The molecule has 0 unspecified atom stereocenters. The molecule has 0 fully saturated rings. The number of ketones is 1. The van der Waals surface area contributed by atoms with Crippen LogP contribution in [0.25, 0.3) is 0 Å². The van der Waals surface area contributed by atoms with Crippen LogP contribution >= 0.6 is 0 Å². The SMILES string of the molecule is COC(=O)C1=NC2=CC=CC(=O)C2=C1. The van der Waals surface area contributed by atoms with Crippen LogP contribution in [0.2, 0.25) is 0 Å². The number of aliphatic imine (C=N–C) groups is 1. The molecule has 0 bridgehead atoms. The zero-order chi connectivity index (χ0) is 10.1. The Balaban J connectivity index is 2.38. The first-order chi connectivity index (χ1) is 6.72. The Hall–Kier alpha value is -1.97. The Bertz CT molecular complexity index is 438. The van der Waals surface area contributed by atoms with Gasteiger partial charge in [0.1, 0.15) is 5.71 Å². The molecule has 0 saturated heterocycles. The van der Waals surface area contributed by atoms with Gasteiger partial charge in [-0.3, -0.25) is 4.79 Å². The number of rotatable bonds is 1. The fraction of sp³-hybridized carbons (Fsp3) is 0.100. The molecule has 1 heterocycles. The van der Waals surface area contributed by atoms with E-state index in [-0.39, 0.29) is 11.5 Å². The van der Waals surface area contributed by atoms with Crippen molar-refractivity contribution in [3.8, 4) is 0 Å². The summed E-state index contributed by atoms with van der Waals surface area (Å²) < 4.78 is 4.50. The molecule has 2 aliphatic rings. The number of nitrogens with zero attached hydrogens (tertiary/aromatic N) is 1. The highest BCUT2D eigenvalue weighted by atomic mass is 16.5. The van der Waals surface area contributed by atoms with E-state index < -0.39 is 5.97 Å². The van der Waals surface area contributed by atoms with Crippen molar-refractivity contribution in [3.63, 3.8) is 0 Å². The van der Waals surface area contributed by atoms with Crippen molar-refractivity contribution >= 4 is 17.5 Å². The van der Waals surface area contributed by atoms with Gasteiger partial charge < -0.3 is 4.74 Å². The molecule has 14 heavy (non-hydrogen) atoms. The van der Waals surface area contributed by atoms with Crippen LogP contribution in [0.5, 0.6) is 0 Å². The van der Waals surface area contributed by atoms with Gasteiger partial charge in [-0.2, -0.15) is 0 Å². The molecule has 70 valence electrons. The Morgan fingerprint density at radius 1 is 1.50 bits per heavy atom. The average molecular weight is 189 g/mol. The number of hydrogen-bond donors (Lipinski definition) is 0. The topological polar surface area (TPSA) is 55.7 Å². The van der Waals surface area contributed by atoms with Crippen LogP contribution in [-0.2, 0) is 14.3 Å². The second-order valence-electron chi connectivity index (χ2n) is 2.82. The summed E-state index contributed by atoms with van der Waals surface area (Å²) in [5, 5.41) is 0. The van der Waals surface area contributed by atoms with Crippen LogP contribution in [0.15, 0.2) is 40.6 Å². The van der Waals surface area contributed by atoms with E-state index in [2.05, 4.69) is 9.73 Å². The number of ether oxygens (including phenoxy) is 1. The summed E-state index contributed by atoms with van der Waals surface area (Å²) in [5.74, 6) is -0.661. The van der Waals surface area contributed by atoms with Gasteiger partial charge in [-0.1, -0.05) is 6.08 Å². The van der Waals surface area contributed by atoms with Gasteiger partial charge in [0, 0.05) is 5.57 Å². The van der Waals surface area contributed by atoms with Gasteiger partial charge in [0.25, 0.3) is 0 Å². The van der Waals surface area contributed by atoms with Crippen molar-refractivity contribution in [3.05, 3.63) is 35.6 Å². The highest BCUT2D eigenvalue weighted by molar-refractivity contribution is 6.44. The van der Waals surface area contributed by atoms with Crippen LogP contribution < -0.4 is 0 Å². The van der Waals surface area contributed by atoms with Crippen LogP contribution in [0.3, 0.4) is 0 Å². The molecule has 0 aromatic carbocycles. The van der Waals surface area contributed by atoms with Gasteiger partial charge in [0.2, 0.25) is 0 Å². The smallest absolute Gasteiger partial charge is 0.356 e. The minimum atomic E-state index is -0.527. The van der Waals surface area contributed by atoms with Gasteiger partial charge in [-0.25, -0.2) is 9.79 Å². The van der Waals surface area contributed by atoms with E-state index in [4.69, 9.17) is 0 Å². The molecule has 0 radical (unpaired) electrons. The largest absolute Gasteiger partial charge is 0.464 e. The van der Waals surface area contributed by atoms with Crippen molar-refractivity contribution < 1.29 is 14.3 Å². The first-order valence-corrected chi connectivity index (χ1v) is 4.04. The molecule has 2 rings (SSSR count). The maximum Gasteiger partial charge on any atom is 0.356 e. The minimum absolute atomic E-state index is 0.134. The standard InChI is InChI=1S/C10H7NO3/c1-14-10(13)8-5-6-7(11-8)3-2-4-9(6)12/h2-5H,1H3. The summed E-state index contributed by atoms with van der Waals surface area (Å²) in [7, 11) is 1.28. The van der Waals surface area contributed by atoms with Gasteiger partial charge in [0.05, 0.1) is 12.8 Å². The monoisotopic (exact) mass is 189 g/mol. The van der Waals surface area contributed by atoms with Crippen molar-refractivity contribution in [1.29, 1.82) is 0 Å². The number of carbonyl (C=O) groups excluding carboxylic acids is 2. The maximum absolute atomic E-state index is 11.3. The third-order valence-electron chi connectivity index (χ3n) is 1.96. The highest BCUT2D eigenvalue weighted by Gasteiger charge is 2.24. The maximum atomic E-state index is 11.3. The molecule has 0 atom stereocenters. The number of methoxy groups -OCH3 is 1. The van der Waals surface area contributed by atoms with Crippen molar-refractivity contribution in [2.24, 2.45) is 4.99 Å². The van der Waals surface area contributed by atoms with Gasteiger partial charge >= 0.3 is 5.97 Å². The second-order valence-corrected chi connectivity index (χ2v) is 2.82. The molecule has 0 aromatic heterocycles. The molecule has 0 amide bonds. The lowest BCUT2D eigenvalue weighted by Gasteiger charge is -2.00. The second kappa shape index (κ2) is 3.06. The van der Waals surface area contributed by atoms with Crippen molar-refractivity contribution in [1.82, 2.24) is 0 Å². The third kappa shape index (κ3) is 1.21. The summed E-state index contributed by atoms with van der Waals surface area (Å²) >= 11 is 0. The molecular weight excluding hydrogens is 182 g/mol. The van der Waals surface area contributed by atoms with Gasteiger partial charge in [0.15, 0.2) is 5.78 Å². The Kier molecular flexibility index (Phi) is 1.89. The molecule has 1 aliphatic heterocycles. The molecule has 0 aromatic rings. The van der Waals surface area contributed by atoms with Crippen molar-refractivity contribution in [2.75, 3.05) is 7.11 Å². The zero-order valence-electron chi connectivity index (χ0n) is 7.48. The van der Waals surface area contributed by atoms with Crippen LogP contribution in [0.4, 0.5) is 0 Å². The van der Waals surface area contributed by atoms with Gasteiger partial charge in [-0.05, 0) is 18.2 Å². The molecule has 0 spiro atoms. The summed E-state index contributed by atoms with van der Waals surface area (Å²) in [6, 6.07) is 0. The lowest BCUT2D eigenvalue weighted by molar-refractivity contribution is -0.132. The van der Waals surface area contributed by atoms with E-state index in [1.807, 2.05) is 0 Å². The number of carbonyl (C=O) groups is 2. The normalized spacial score (nSPS) is 18.4. The molecule has 4 heteroatoms. The number of fused-ring (bicyclic) bond motifs is 1. The van der Waals surface area contributed by atoms with Crippen LogP contribution in [-0.4, -0.2) is 24.6 Å². The molecular formula is C10H7NO3. The number of allylic oxidation sites excluding steroid dienone is 4. The quantitative estimate of drug-likeness (QED) is 0.566. The minimum Gasteiger partial charge on any atom is -0.464 e. The zero-order valence-corrected chi connectivity index (χ0v) is 7.48. The third-order valence-corrected chi connectivity index (χ3v) is 1.96. The lowest BCUT2D eigenvalue weighted by atomic mass is 10.0. The number of esters is 1. The van der Waals surface area contributed by atoms with E-state index in [9.17, 15) is 9.59 Å². The van der Waals surface area contributed by atoms with Crippen LogP contribution in [0.1, 0.15) is 0 Å².